The van der Waals surface area contributed by atoms with E-state index in [1.165, 1.54) is 0 Å². The monoisotopic (exact) mass is 192 g/mol. The van der Waals surface area contributed by atoms with E-state index in [4.69, 9.17) is 0 Å². The van der Waals surface area contributed by atoms with Crippen LogP contribution in [0.3, 0.4) is 0 Å². The van der Waals surface area contributed by atoms with Gasteiger partial charge in [0.1, 0.15) is 0 Å². The lowest BCUT2D eigenvalue weighted by molar-refractivity contribution is 0.564. The highest BCUT2D eigenvalue weighted by molar-refractivity contribution is 5.96. The second-order valence-corrected chi connectivity index (χ2v) is 3.57. The lowest BCUT2D eigenvalue weighted by Gasteiger charge is -2.07. The highest BCUT2D eigenvalue weighted by atomic mass is 15.0. The van der Waals surface area contributed by atoms with Gasteiger partial charge in [0.25, 0.3) is 0 Å². The number of aliphatic imine (C=N–C) groups is 1. The van der Waals surface area contributed by atoms with E-state index in [0.29, 0.717) is 5.92 Å². The Morgan fingerprint density at radius 1 is 1.36 bits per heavy atom. The van der Waals surface area contributed by atoms with Crippen LogP contribution in [0.4, 0.5) is 0 Å². The van der Waals surface area contributed by atoms with Crippen LogP contribution < -0.4 is 0 Å². The molecule has 0 aliphatic rings. The van der Waals surface area contributed by atoms with Crippen molar-refractivity contribution in [2.75, 3.05) is 14.1 Å². The first kappa shape index (κ1) is 12.7. The Kier molecular flexibility index (Phi) is 6.46. The minimum atomic E-state index is 0.431. The number of hydrogen-bond acceptors (Lipinski definition) is 2. The average molecular weight is 192 g/mol. The molecule has 0 bridgehead atoms. The second kappa shape index (κ2) is 7.13. The van der Waals surface area contributed by atoms with Crippen molar-refractivity contribution in [3.05, 3.63) is 37.2 Å². The molecule has 14 heavy (non-hydrogen) atoms. The number of rotatable bonds is 5. The van der Waals surface area contributed by atoms with Crippen molar-refractivity contribution in [3.63, 3.8) is 0 Å². The normalized spacial score (nSPS) is 13.1. The predicted molar refractivity (Wildman–Crippen MR) is 64.4 cm³/mol. The Labute approximate surface area is 87.3 Å². The van der Waals surface area contributed by atoms with Gasteiger partial charge in [-0.2, -0.15) is 0 Å². The Morgan fingerprint density at radius 3 is 2.43 bits per heavy atom. The molecular weight excluding hydrogens is 172 g/mol. The molecule has 0 aromatic rings. The van der Waals surface area contributed by atoms with Crippen LogP contribution in [-0.4, -0.2) is 24.7 Å². The summed E-state index contributed by atoms with van der Waals surface area (Å²) in [5.41, 5.74) is 1.07. The molecule has 0 aromatic carbocycles. The van der Waals surface area contributed by atoms with E-state index in [2.05, 4.69) is 25.4 Å². The molecular formula is C12H20N2. The van der Waals surface area contributed by atoms with Gasteiger partial charge >= 0.3 is 0 Å². The highest BCUT2D eigenvalue weighted by Gasteiger charge is 1.98. The molecule has 0 fully saturated rings. The van der Waals surface area contributed by atoms with E-state index >= 15 is 0 Å². The van der Waals surface area contributed by atoms with Gasteiger partial charge in [-0.3, -0.25) is 4.99 Å². The van der Waals surface area contributed by atoms with Crippen molar-refractivity contribution < 1.29 is 0 Å². The maximum absolute atomic E-state index is 4.34. The molecule has 0 heterocycles. The van der Waals surface area contributed by atoms with Gasteiger partial charge in [-0.25, -0.2) is 0 Å². The Morgan fingerprint density at radius 2 is 2.00 bits per heavy atom. The molecule has 0 aromatic heterocycles. The molecule has 0 atom stereocenters. The Bertz CT molecular complexity index is 245. The number of allylic oxidation sites excluding steroid dienone is 3. The number of nitrogens with zero attached hydrogens (tertiary/aromatic N) is 2. The Balaban J connectivity index is 4.51. The maximum Gasteiger partial charge on any atom is 0.0443 e. The van der Waals surface area contributed by atoms with Crippen LogP contribution in [0.25, 0.3) is 0 Å². The molecule has 0 unspecified atom stereocenters. The van der Waals surface area contributed by atoms with Gasteiger partial charge in [-0.1, -0.05) is 26.5 Å². The highest BCUT2D eigenvalue weighted by Crippen LogP contribution is 2.00. The zero-order chi connectivity index (χ0) is 11.0. The largest absolute Gasteiger partial charge is 0.383 e. The van der Waals surface area contributed by atoms with E-state index in [1.807, 2.05) is 37.3 Å². The zero-order valence-corrected chi connectivity index (χ0v) is 9.57. The van der Waals surface area contributed by atoms with Crippen LogP contribution in [-0.2, 0) is 0 Å². The molecule has 0 saturated heterocycles. The first-order valence-electron chi connectivity index (χ1n) is 4.77. The minimum absolute atomic E-state index is 0.431. The third kappa shape index (κ3) is 6.23. The van der Waals surface area contributed by atoms with Crippen LogP contribution in [0.15, 0.2) is 42.2 Å². The van der Waals surface area contributed by atoms with Gasteiger partial charge in [-0.15, -0.1) is 0 Å². The molecule has 78 valence electrons. The minimum Gasteiger partial charge on any atom is -0.383 e. The summed E-state index contributed by atoms with van der Waals surface area (Å²) in [7, 11) is 3.99. The summed E-state index contributed by atoms with van der Waals surface area (Å²) >= 11 is 0. The summed E-state index contributed by atoms with van der Waals surface area (Å²) in [6.45, 7) is 7.85. The van der Waals surface area contributed by atoms with Gasteiger partial charge in [0.05, 0.1) is 0 Å². The average Bonchev–Trinajstić information content (AvgIpc) is 2.10. The van der Waals surface area contributed by atoms with Gasteiger partial charge in [0.2, 0.25) is 0 Å². The first-order valence-corrected chi connectivity index (χ1v) is 4.77. The topological polar surface area (TPSA) is 15.6 Å². The molecule has 2 heteroatoms. The molecule has 0 aliphatic heterocycles. The van der Waals surface area contributed by atoms with E-state index in [9.17, 15) is 0 Å². The summed E-state index contributed by atoms with van der Waals surface area (Å²) in [5.74, 6) is 0.431. The van der Waals surface area contributed by atoms with Crippen molar-refractivity contribution in [1.82, 2.24) is 4.90 Å². The van der Waals surface area contributed by atoms with E-state index in [-0.39, 0.29) is 0 Å². The first-order chi connectivity index (χ1) is 6.57. The maximum atomic E-state index is 4.34. The fourth-order valence-electron chi connectivity index (χ4n) is 0.800. The van der Waals surface area contributed by atoms with Crippen LogP contribution >= 0.6 is 0 Å². The molecule has 0 rings (SSSR count). The lowest BCUT2D eigenvalue weighted by atomic mass is 10.1. The zero-order valence-electron chi connectivity index (χ0n) is 9.57. The van der Waals surface area contributed by atoms with Gasteiger partial charge in [-0.05, 0) is 18.1 Å². The van der Waals surface area contributed by atoms with Gasteiger partial charge in [0.15, 0.2) is 0 Å². The van der Waals surface area contributed by atoms with Crippen molar-refractivity contribution in [2.24, 2.45) is 10.9 Å². The van der Waals surface area contributed by atoms with Crippen LogP contribution in [0.1, 0.15) is 13.8 Å². The Hall–Kier alpha value is -1.31. The van der Waals surface area contributed by atoms with Gasteiger partial charge < -0.3 is 4.90 Å². The molecule has 0 amide bonds. The second-order valence-electron chi connectivity index (χ2n) is 3.57. The third-order valence-electron chi connectivity index (χ3n) is 1.58. The fraction of sp³-hybridized carbons (Fsp3) is 0.417. The standard InChI is InChI=1S/C12H20N2/c1-6-7-9-13-12(11(2)3)8-10-14(4)5/h6-11H,1H2,2-5H3/b9-7-,10-8+,13-12+. The van der Waals surface area contributed by atoms with Crippen LogP contribution in [0, 0.1) is 5.92 Å². The summed E-state index contributed by atoms with van der Waals surface area (Å²) in [5, 5.41) is 0. The van der Waals surface area contributed by atoms with Crippen LogP contribution in [0.2, 0.25) is 0 Å². The SMILES string of the molecule is C=C\C=C/N=C(\C=C\N(C)C)C(C)C. The van der Waals surface area contributed by atoms with E-state index < -0.39 is 0 Å². The van der Waals surface area contributed by atoms with Gasteiger partial charge in [0, 0.05) is 32.2 Å². The molecule has 0 aliphatic carbocycles. The van der Waals surface area contributed by atoms with Crippen molar-refractivity contribution in [3.8, 4) is 0 Å². The molecule has 2 nitrogen and oxygen atoms in total. The van der Waals surface area contributed by atoms with Crippen molar-refractivity contribution in [1.29, 1.82) is 0 Å². The molecule has 0 radical (unpaired) electrons. The molecule has 0 spiro atoms. The molecule has 0 saturated carbocycles. The van der Waals surface area contributed by atoms with Crippen LogP contribution in [0.5, 0.6) is 0 Å². The fourth-order valence-corrected chi connectivity index (χ4v) is 0.800. The van der Waals surface area contributed by atoms with E-state index in [1.54, 1.807) is 12.3 Å². The van der Waals surface area contributed by atoms with E-state index in [0.717, 1.165) is 5.71 Å². The summed E-state index contributed by atoms with van der Waals surface area (Å²) in [6.07, 6.45) is 9.34. The molecule has 0 N–H and O–H groups in total. The summed E-state index contributed by atoms with van der Waals surface area (Å²) in [4.78, 5) is 6.33. The summed E-state index contributed by atoms with van der Waals surface area (Å²) in [6, 6.07) is 0. The quantitative estimate of drug-likeness (QED) is 0.483. The number of hydrogen-bond donors (Lipinski definition) is 0. The summed E-state index contributed by atoms with van der Waals surface area (Å²) < 4.78 is 0. The smallest absolute Gasteiger partial charge is 0.0443 e. The predicted octanol–water partition coefficient (Wildman–Crippen LogP) is 2.86. The lowest BCUT2D eigenvalue weighted by Crippen LogP contribution is -2.07. The third-order valence-corrected chi connectivity index (χ3v) is 1.58. The van der Waals surface area contributed by atoms with Crippen molar-refractivity contribution in [2.45, 2.75) is 13.8 Å². The van der Waals surface area contributed by atoms with Crippen molar-refractivity contribution >= 4 is 5.71 Å².